The van der Waals surface area contributed by atoms with E-state index in [1.165, 1.54) is 7.05 Å². The Balaban J connectivity index is 2.40. The molecule has 0 spiro atoms. The standard InChI is InChI=1S/C16H17ClF3N5O4/c1-15(2,3)29-11(26)7-9-10(28-16(18,19)20)6-5-8(12(9)17)13(27)21-14-22-23-24-25(14)4/h5-6H,7H2,1-4H3,(H,21,22,24,27). The highest BCUT2D eigenvalue weighted by Crippen LogP contribution is 2.34. The third-order valence-corrected chi connectivity index (χ3v) is 3.69. The van der Waals surface area contributed by atoms with Crippen LogP contribution in [-0.2, 0) is 23.0 Å². The number of aryl methyl sites for hydroxylation is 1. The van der Waals surface area contributed by atoms with E-state index in [2.05, 4.69) is 25.6 Å². The maximum absolute atomic E-state index is 12.7. The molecular formula is C16H17ClF3N5O4. The van der Waals surface area contributed by atoms with E-state index < -0.39 is 41.0 Å². The number of hydrogen-bond acceptors (Lipinski definition) is 7. The topological polar surface area (TPSA) is 108 Å². The van der Waals surface area contributed by atoms with Crippen molar-refractivity contribution in [3.8, 4) is 5.75 Å². The molecule has 1 N–H and O–H groups in total. The maximum Gasteiger partial charge on any atom is 0.573 e. The largest absolute Gasteiger partial charge is 0.573 e. The van der Waals surface area contributed by atoms with E-state index in [4.69, 9.17) is 16.3 Å². The predicted molar refractivity (Wildman–Crippen MR) is 94.4 cm³/mol. The predicted octanol–water partition coefficient (Wildman–Crippen LogP) is 2.90. The summed E-state index contributed by atoms with van der Waals surface area (Å²) in [7, 11) is 1.46. The number of halogens is 4. The Morgan fingerprint density at radius 3 is 2.41 bits per heavy atom. The zero-order valence-electron chi connectivity index (χ0n) is 15.8. The third kappa shape index (κ3) is 6.31. The van der Waals surface area contributed by atoms with Gasteiger partial charge in [-0.2, -0.15) is 0 Å². The minimum Gasteiger partial charge on any atom is -0.460 e. The number of aromatic nitrogens is 4. The number of hydrogen-bond donors (Lipinski definition) is 1. The van der Waals surface area contributed by atoms with Gasteiger partial charge in [-0.3, -0.25) is 14.9 Å². The van der Waals surface area contributed by atoms with Crippen molar-refractivity contribution in [2.45, 2.75) is 39.2 Å². The van der Waals surface area contributed by atoms with Crippen LogP contribution in [0.3, 0.4) is 0 Å². The van der Waals surface area contributed by atoms with Gasteiger partial charge in [0.05, 0.1) is 17.0 Å². The number of anilines is 1. The smallest absolute Gasteiger partial charge is 0.460 e. The molecular weight excluding hydrogens is 419 g/mol. The lowest BCUT2D eigenvalue weighted by molar-refractivity contribution is -0.275. The molecule has 0 aliphatic rings. The fourth-order valence-corrected chi connectivity index (χ4v) is 2.50. The quantitative estimate of drug-likeness (QED) is 0.719. The molecule has 13 heteroatoms. The van der Waals surface area contributed by atoms with E-state index in [0.717, 1.165) is 16.8 Å². The third-order valence-electron chi connectivity index (χ3n) is 3.26. The number of benzene rings is 1. The van der Waals surface area contributed by atoms with E-state index >= 15 is 0 Å². The lowest BCUT2D eigenvalue weighted by atomic mass is 10.1. The van der Waals surface area contributed by atoms with Crippen molar-refractivity contribution in [2.24, 2.45) is 7.05 Å². The summed E-state index contributed by atoms with van der Waals surface area (Å²) in [6.07, 6.45) is -5.67. The molecule has 1 amide bonds. The van der Waals surface area contributed by atoms with Crippen LogP contribution in [0, 0.1) is 0 Å². The maximum atomic E-state index is 12.7. The molecule has 29 heavy (non-hydrogen) atoms. The monoisotopic (exact) mass is 435 g/mol. The molecule has 158 valence electrons. The van der Waals surface area contributed by atoms with Crippen molar-refractivity contribution in [1.82, 2.24) is 20.2 Å². The van der Waals surface area contributed by atoms with Crippen LogP contribution in [-0.4, -0.2) is 44.0 Å². The summed E-state index contributed by atoms with van der Waals surface area (Å²) >= 11 is 6.16. The summed E-state index contributed by atoms with van der Waals surface area (Å²) in [4.78, 5) is 24.6. The number of tetrazole rings is 1. The van der Waals surface area contributed by atoms with Crippen molar-refractivity contribution in [3.63, 3.8) is 0 Å². The summed E-state index contributed by atoms with van der Waals surface area (Å²) < 4.78 is 48.4. The van der Waals surface area contributed by atoms with E-state index in [0.29, 0.717) is 0 Å². The van der Waals surface area contributed by atoms with Gasteiger partial charge >= 0.3 is 12.3 Å². The van der Waals surface area contributed by atoms with Gasteiger partial charge in [0.25, 0.3) is 5.91 Å². The molecule has 0 unspecified atom stereocenters. The molecule has 0 saturated carbocycles. The Bertz CT molecular complexity index is 924. The first kappa shape index (κ1) is 22.4. The fourth-order valence-electron chi connectivity index (χ4n) is 2.19. The number of nitrogens with zero attached hydrogens (tertiary/aromatic N) is 4. The summed E-state index contributed by atoms with van der Waals surface area (Å²) in [5, 5.41) is 12.4. The van der Waals surface area contributed by atoms with Gasteiger partial charge in [-0.15, -0.1) is 13.2 Å². The Hall–Kier alpha value is -2.89. The minimum absolute atomic E-state index is 0.0182. The van der Waals surface area contributed by atoms with Crippen LogP contribution in [0.2, 0.25) is 5.02 Å². The van der Waals surface area contributed by atoms with Crippen molar-refractivity contribution in [2.75, 3.05) is 5.32 Å². The molecule has 0 saturated heterocycles. The van der Waals surface area contributed by atoms with Gasteiger partial charge < -0.3 is 9.47 Å². The van der Waals surface area contributed by atoms with Crippen LogP contribution in [0.1, 0.15) is 36.7 Å². The average molecular weight is 436 g/mol. The highest BCUT2D eigenvalue weighted by molar-refractivity contribution is 6.35. The number of rotatable bonds is 5. The second kappa shape index (κ2) is 8.23. The molecule has 1 aromatic carbocycles. The van der Waals surface area contributed by atoms with Crippen molar-refractivity contribution in [3.05, 3.63) is 28.3 Å². The number of esters is 1. The summed E-state index contributed by atoms with van der Waals surface area (Å²) in [5.41, 5.74) is -1.42. The van der Waals surface area contributed by atoms with Gasteiger partial charge in [0.1, 0.15) is 11.4 Å². The summed E-state index contributed by atoms with van der Waals surface area (Å²) in [5.74, 6) is -2.38. The Morgan fingerprint density at radius 1 is 1.24 bits per heavy atom. The number of carbonyl (C=O) groups excluding carboxylic acids is 2. The van der Waals surface area contributed by atoms with Crippen molar-refractivity contribution >= 4 is 29.4 Å². The number of ether oxygens (including phenoxy) is 2. The van der Waals surface area contributed by atoms with Gasteiger partial charge in [-0.05, 0) is 43.3 Å². The summed E-state index contributed by atoms with van der Waals surface area (Å²) in [6.45, 7) is 4.79. The first-order valence-electron chi connectivity index (χ1n) is 8.09. The van der Waals surface area contributed by atoms with Gasteiger partial charge in [0.15, 0.2) is 0 Å². The van der Waals surface area contributed by atoms with Crippen LogP contribution in [0.25, 0.3) is 0 Å². The SMILES string of the molecule is Cn1nnnc1NC(=O)c1ccc(OC(F)(F)F)c(CC(=O)OC(C)(C)C)c1Cl. The fraction of sp³-hybridized carbons (Fsp3) is 0.438. The molecule has 1 heterocycles. The van der Waals surface area contributed by atoms with E-state index in [9.17, 15) is 22.8 Å². The zero-order valence-corrected chi connectivity index (χ0v) is 16.6. The van der Waals surface area contributed by atoms with Crippen LogP contribution in [0.15, 0.2) is 12.1 Å². The van der Waals surface area contributed by atoms with Crippen LogP contribution < -0.4 is 10.1 Å². The molecule has 0 atom stereocenters. The molecule has 2 rings (SSSR count). The first-order valence-corrected chi connectivity index (χ1v) is 8.47. The lowest BCUT2D eigenvalue weighted by Gasteiger charge is -2.21. The normalized spacial score (nSPS) is 11.9. The molecule has 1 aromatic heterocycles. The minimum atomic E-state index is -5.03. The molecule has 0 bridgehead atoms. The molecule has 0 fully saturated rings. The number of nitrogens with one attached hydrogen (secondary N) is 1. The van der Waals surface area contributed by atoms with E-state index in [1.54, 1.807) is 20.8 Å². The number of amides is 1. The van der Waals surface area contributed by atoms with Crippen molar-refractivity contribution in [1.29, 1.82) is 0 Å². The van der Waals surface area contributed by atoms with Gasteiger partial charge in [-0.1, -0.05) is 16.7 Å². The Labute approximate surface area is 168 Å². The second-order valence-corrected chi connectivity index (χ2v) is 7.17. The molecule has 0 radical (unpaired) electrons. The van der Waals surface area contributed by atoms with Gasteiger partial charge in [-0.25, -0.2) is 4.68 Å². The first-order chi connectivity index (χ1) is 13.3. The molecule has 9 nitrogen and oxygen atoms in total. The number of alkyl halides is 3. The van der Waals surface area contributed by atoms with Crippen LogP contribution in [0.4, 0.5) is 19.1 Å². The van der Waals surface area contributed by atoms with Crippen LogP contribution >= 0.6 is 11.6 Å². The number of carbonyl (C=O) groups is 2. The highest BCUT2D eigenvalue weighted by atomic mass is 35.5. The highest BCUT2D eigenvalue weighted by Gasteiger charge is 2.34. The average Bonchev–Trinajstić information content (AvgIpc) is 2.92. The summed E-state index contributed by atoms with van der Waals surface area (Å²) in [6, 6.07) is 1.92. The van der Waals surface area contributed by atoms with Crippen molar-refractivity contribution < 1.29 is 32.2 Å². The molecule has 2 aromatic rings. The molecule has 0 aliphatic heterocycles. The lowest BCUT2D eigenvalue weighted by Crippen LogP contribution is -2.26. The van der Waals surface area contributed by atoms with Crippen LogP contribution in [0.5, 0.6) is 5.75 Å². The zero-order chi connectivity index (χ0) is 22.0. The van der Waals surface area contributed by atoms with Gasteiger partial charge in [0.2, 0.25) is 5.95 Å². The molecule has 0 aliphatic carbocycles. The van der Waals surface area contributed by atoms with E-state index in [-0.39, 0.29) is 17.1 Å². The second-order valence-electron chi connectivity index (χ2n) is 6.80. The van der Waals surface area contributed by atoms with Gasteiger partial charge in [0, 0.05) is 12.6 Å². The Kier molecular flexibility index (Phi) is 6.36. The van der Waals surface area contributed by atoms with E-state index in [1.807, 2.05) is 0 Å². The Morgan fingerprint density at radius 2 is 1.90 bits per heavy atom.